The van der Waals surface area contributed by atoms with Crippen LogP contribution >= 0.6 is 11.8 Å². The zero-order chi connectivity index (χ0) is 17.9. The Morgan fingerprint density at radius 2 is 1.68 bits per heavy atom. The van der Waals surface area contributed by atoms with Crippen LogP contribution in [0.2, 0.25) is 0 Å². The van der Waals surface area contributed by atoms with E-state index in [0.29, 0.717) is 5.78 Å². The first-order chi connectivity index (χ1) is 12.0. The van der Waals surface area contributed by atoms with Gasteiger partial charge in [0, 0.05) is 16.1 Å². The molecule has 2 heteroatoms. The number of Topliss-reactive ketones (excluding diaryl/α,β-unsaturated/α-hetero) is 1. The van der Waals surface area contributed by atoms with Crippen molar-refractivity contribution in [3.05, 3.63) is 76.9 Å². The van der Waals surface area contributed by atoms with Gasteiger partial charge in [-0.15, -0.1) is 11.8 Å². The van der Waals surface area contributed by atoms with E-state index < -0.39 is 0 Å². The molecule has 0 radical (unpaired) electrons. The number of ketones is 1. The molecule has 0 spiro atoms. The molecular formula is C23H26OS. The molecule has 0 heterocycles. The van der Waals surface area contributed by atoms with Crippen molar-refractivity contribution >= 4 is 17.5 Å². The molecule has 1 unspecified atom stereocenters. The number of hydrogen-bond donors (Lipinski definition) is 0. The molecule has 2 aromatic rings. The Morgan fingerprint density at radius 3 is 2.36 bits per heavy atom. The number of rotatable bonds is 6. The summed E-state index contributed by atoms with van der Waals surface area (Å²) in [5.41, 5.74) is 4.62. The Bertz CT molecular complexity index is 773. The van der Waals surface area contributed by atoms with Crippen LogP contribution in [0.4, 0.5) is 0 Å². The second-order valence-corrected chi connectivity index (χ2v) is 8.57. The van der Waals surface area contributed by atoms with Crippen molar-refractivity contribution in [3.63, 3.8) is 0 Å². The zero-order valence-electron chi connectivity index (χ0n) is 15.3. The van der Waals surface area contributed by atoms with Gasteiger partial charge in [0.1, 0.15) is 0 Å². The minimum Gasteiger partial charge on any atom is -0.294 e. The standard InChI is InChI=1S/C23H26OS/c1-17-9-11-20(12-10-17)25-14-13-21-18(2)15-23(3,22(21)24)16-19-7-5-4-6-8-19/h4-12H,13-16H2,1-3H3. The van der Waals surface area contributed by atoms with E-state index in [1.165, 1.54) is 21.6 Å². The number of carbonyl (C=O) groups is 1. The average Bonchev–Trinajstić information content (AvgIpc) is 2.80. The smallest absolute Gasteiger partial charge is 0.165 e. The van der Waals surface area contributed by atoms with E-state index in [-0.39, 0.29) is 5.41 Å². The summed E-state index contributed by atoms with van der Waals surface area (Å²) in [7, 11) is 0. The van der Waals surface area contributed by atoms with Crippen LogP contribution in [0.15, 0.2) is 70.6 Å². The molecule has 0 saturated carbocycles. The molecule has 25 heavy (non-hydrogen) atoms. The van der Waals surface area contributed by atoms with Gasteiger partial charge in [0.2, 0.25) is 0 Å². The number of benzene rings is 2. The fourth-order valence-corrected chi connectivity index (χ4v) is 4.62. The molecule has 130 valence electrons. The van der Waals surface area contributed by atoms with E-state index in [0.717, 1.165) is 30.6 Å². The van der Waals surface area contributed by atoms with Crippen LogP contribution in [0.25, 0.3) is 0 Å². The van der Waals surface area contributed by atoms with Crippen molar-refractivity contribution in [1.82, 2.24) is 0 Å². The van der Waals surface area contributed by atoms with Crippen LogP contribution < -0.4 is 0 Å². The predicted molar refractivity (Wildman–Crippen MR) is 107 cm³/mol. The van der Waals surface area contributed by atoms with E-state index in [4.69, 9.17) is 0 Å². The lowest BCUT2D eigenvalue weighted by atomic mass is 9.79. The second kappa shape index (κ2) is 7.61. The maximum Gasteiger partial charge on any atom is 0.165 e. The van der Waals surface area contributed by atoms with Gasteiger partial charge in [0.25, 0.3) is 0 Å². The Kier molecular flexibility index (Phi) is 5.48. The fourth-order valence-electron chi connectivity index (χ4n) is 3.75. The quantitative estimate of drug-likeness (QED) is 0.593. The van der Waals surface area contributed by atoms with E-state index in [1.807, 2.05) is 17.8 Å². The maximum atomic E-state index is 13.1. The van der Waals surface area contributed by atoms with E-state index in [9.17, 15) is 4.79 Å². The van der Waals surface area contributed by atoms with Crippen molar-refractivity contribution in [2.75, 3.05) is 5.75 Å². The molecule has 1 atom stereocenters. The molecule has 0 aliphatic heterocycles. The summed E-state index contributed by atoms with van der Waals surface area (Å²) >= 11 is 1.84. The average molecular weight is 351 g/mol. The maximum absolute atomic E-state index is 13.1. The van der Waals surface area contributed by atoms with Crippen LogP contribution in [0, 0.1) is 12.3 Å². The number of thioether (sulfide) groups is 1. The normalized spacial score (nSPS) is 20.4. The molecule has 1 aliphatic carbocycles. The summed E-state index contributed by atoms with van der Waals surface area (Å²) in [5.74, 6) is 1.32. The highest BCUT2D eigenvalue weighted by Crippen LogP contribution is 2.42. The van der Waals surface area contributed by atoms with Gasteiger partial charge in [-0.2, -0.15) is 0 Å². The van der Waals surface area contributed by atoms with Crippen molar-refractivity contribution < 1.29 is 4.79 Å². The Labute approximate surface area is 155 Å². The third-order valence-electron chi connectivity index (χ3n) is 5.07. The van der Waals surface area contributed by atoms with Crippen molar-refractivity contribution in [3.8, 4) is 0 Å². The van der Waals surface area contributed by atoms with Crippen molar-refractivity contribution in [1.29, 1.82) is 0 Å². The lowest BCUT2D eigenvalue weighted by Crippen LogP contribution is -2.27. The predicted octanol–water partition coefficient (Wildman–Crippen LogP) is 6.02. The van der Waals surface area contributed by atoms with Gasteiger partial charge in [-0.05, 0) is 56.4 Å². The first-order valence-corrected chi connectivity index (χ1v) is 9.93. The van der Waals surface area contributed by atoms with E-state index in [2.05, 4.69) is 69.3 Å². The SMILES string of the molecule is CC1=C(CCSc2ccc(C)cc2)C(=O)C(C)(Cc2ccccc2)C1. The van der Waals surface area contributed by atoms with Gasteiger partial charge in [0.05, 0.1) is 0 Å². The van der Waals surface area contributed by atoms with Crippen LogP contribution in [-0.4, -0.2) is 11.5 Å². The van der Waals surface area contributed by atoms with Crippen LogP contribution in [0.1, 0.15) is 37.8 Å². The number of hydrogen-bond acceptors (Lipinski definition) is 2. The van der Waals surface area contributed by atoms with Crippen molar-refractivity contribution in [2.24, 2.45) is 5.41 Å². The lowest BCUT2D eigenvalue weighted by Gasteiger charge is -2.23. The van der Waals surface area contributed by atoms with Crippen LogP contribution in [0.3, 0.4) is 0 Å². The number of carbonyl (C=O) groups excluding carboxylic acids is 1. The molecule has 0 N–H and O–H groups in total. The highest BCUT2D eigenvalue weighted by molar-refractivity contribution is 7.99. The topological polar surface area (TPSA) is 17.1 Å². The summed E-state index contributed by atoms with van der Waals surface area (Å²) in [6.45, 7) is 6.37. The van der Waals surface area contributed by atoms with Crippen LogP contribution in [-0.2, 0) is 11.2 Å². The van der Waals surface area contributed by atoms with Gasteiger partial charge in [0.15, 0.2) is 5.78 Å². The monoisotopic (exact) mass is 350 g/mol. The minimum atomic E-state index is -0.269. The molecule has 1 aliphatic rings. The van der Waals surface area contributed by atoms with Crippen LogP contribution in [0.5, 0.6) is 0 Å². The Hall–Kier alpha value is -1.80. The molecular weight excluding hydrogens is 324 g/mol. The highest BCUT2D eigenvalue weighted by Gasteiger charge is 2.41. The highest BCUT2D eigenvalue weighted by atomic mass is 32.2. The van der Waals surface area contributed by atoms with E-state index >= 15 is 0 Å². The van der Waals surface area contributed by atoms with Gasteiger partial charge in [-0.25, -0.2) is 0 Å². The summed E-state index contributed by atoms with van der Waals surface area (Å²) in [6, 6.07) is 19.0. The summed E-state index contributed by atoms with van der Waals surface area (Å²) in [6.07, 6.45) is 2.59. The van der Waals surface area contributed by atoms with Gasteiger partial charge in [-0.1, -0.05) is 60.5 Å². The fraction of sp³-hybridized carbons (Fsp3) is 0.348. The first kappa shape index (κ1) is 18.0. The van der Waals surface area contributed by atoms with Crippen molar-refractivity contribution in [2.45, 2.75) is 44.9 Å². The minimum absolute atomic E-state index is 0.269. The molecule has 0 saturated heterocycles. The molecule has 0 aromatic heterocycles. The zero-order valence-corrected chi connectivity index (χ0v) is 16.2. The first-order valence-electron chi connectivity index (χ1n) is 8.95. The molecule has 3 rings (SSSR count). The molecule has 2 aromatic carbocycles. The molecule has 1 nitrogen and oxygen atoms in total. The second-order valence-electron chi connectivity index (χ2n) is 7.40. The van der Waals surface area contributed by atoms with Gasteiger partial charge >= 0.3 is 0 Å². The molecule has 0 bridgehead atoms. The molecule has 0 amide bonds. The van der Waals surface area contributed by atoms with Gasteiger partial charge in [-0.3, -0.25) is 4.79 Å². The summed E-state index contributed by atoms with van der Waals surface area (Å²) in [5, 5.41) is 0. The third kappa shape index (κ3) is 4.24. The summed E-state index contributed by atoms with van der Waals surface area (Å²) < 4.78 is 0. The molecule has 0 fully saturated rings. The summed E-state index contributed by atoms with van der Waals surface area (Å²) in [4.78, 5) is 14.3. The lowest BCUT2D eigenvalue weighted by molar-refractivity contribution is -0.122. The number of aryl methyl sites for hydroxylation is 1. The van der Waals surface area contributed by atoms with E-state index in [1.54, 1.807) is 0 Å². The van der Waals surface area contributed by atoms with Gasteiger partial charge < -0.3 is 0 Å². The Balaban J connectivity index is 1.61. The Morgan fingerprint density at radius 1 is 1.00 bits per heavy atom. The number of allylic oxidation sites excluding steroid dienone is 2. The largest absolute Gasteiger partial charge is 0.294 e. The third-order valence-corrected chi connectivity index (χ3v) is 6.09.